The van der Waals surface area contributed by atoms with E-state index in [1.165, 1.54) is 11.9 Å². The molecule has 37 heavy (non-hydrogen) atoms. The Morgan fingerprint density at radius 3 is 2.54 bits per heavy atom. The molecule has 10 nitrogen and oxygen atoms in total. The minimum Gasteiger partial charge on any atom is -0.503 e. The zero-order valence-electron chi connectivity index (χ0n) is 20.3. The lowest BCUT2D eigenvalue weighted by molar-refractivity contribution is -0.166. The van der Waals surface area contributed by atoms with Crippen molar-refractivity contribution in [3.8, 4) is 5.75 Å². The smallest absolute Gasteiger partial charge is 0.278 e. The van der Waals surface area contributed by atoms with Crippen molar-refractivity contribution in [1.82, 2.24) is 14.8 Å². The quantitative estimate of drug-likeness (QED) is 0.637. The summed E-state index contributed by atoms with van der Waals surface area (Å²) in [5, 5.41) is 16.6. The predicted molar refractivity (Wildman–Crippen MR) is 123 cm³/mol. The van der Waals surface area contributed by atoms with Gasteiger partial charge in [0.15, 0.2) is 11.4 Å². The lowest BCUT2D eigenvalue weighted by Gasteiger charge is -2.28. The lowest BCUT2D eigenvalue weighted by atomic mass is 10.1. The number of halogens is 3. The molecule has 2 atom stereocenters. The van der Waals surface area contributed by atoms with Crippen LogP contribution in [0.2, 0.25) is 0 Å². The molecule has 0 saturated carbocycles. The maximum Gasteiger partial charge on any atom is 0.278 e. The number of nitrogens with one attached hydrogen (secondary N) is 1. The number of aromatic nitrogens is 1. The van der Waals surface area contributed by atoms with Crippen LogP contribution in [-0.2, 0) is 23.2 Å². The van der Waals surface area contributed by atoms with E-state index in [0.717, 1.165) is 10.8 Å². The van der Waals surface area contributed by atoms with E-state index in [1.807, 2.05) is 6.92 Å². The second-order valence-electron chi connectivity index (χ2n) is 9.06. The van der Waals surface area contributed by atoms with Crippen molar-refractivity contribution in [2.75, 3.05) is 6.54 Å². The van der Waals surface area contributed by atoms with Crippen LogP contribution in [0.4, 0.5) is 13.2 Å². The summed E-state index contributed by atoms with van der Waals surface area (Å²) in [5.41, 5.74) is -2.63. The number of likely N-dealkylation sites (tertiary alicyclic amines) is 1. The number of pyridine rings is 1. The number of amides is 2. The molecule has 1 fully saturated rings. The number of hydrogen-bond acceptors (Lipinski definition) is 7. The van der Waals surface area contributed by atoms with Crippen molar-refractivity contribution in [3.05, 3.63) is 62.8 Å². The standard InChI is InChI=1S/C24H25F3N4O6/c1-12-4-5-24(36-13(2)29-37-24)6-7-31(12)23(35)19-21(33)20(32)16(11-30(19)3)22(34)28-10-15-17(26)8-14(25)9-18(15)27/h8-9,11-12,33H,4-7,10H2,1-3H3,(H,28,34)/t12-,24+/m0/s1. The number of ether oxygens (including phenoxy) is 1. The highest BCUT2D eigenvalue weighted by atomic mass is 19.1. The van der Waals surface area contributed by atoms with Gasteiger partial charge >= 0.3 is 0 Å². The van der Waals surface area contributed by atoms with E-state index in [9.17, 15) is 32.7 Å². The second-order valence-corrected chi connectivity index (χ2v) is 9.06. The van der Waals surface area contributed by atoms with Crippen LogP contribution in [0.15, 0.2) is 28.3 Å². The number of oxime groups is 1. The fourth-order valence-corrected chi connectivity index (χ4v) is 4.44. The molecule has 4 rings (SSSR count). The number of aryl methyl sites for hydroxylation is 1. The van der Waals surface area contributed by atoms with E-state index >= 15 is 0 Å². The molecule has 2 aliphatic heterocycles. The van der Waals surface area contributed by atoms with Crippen molar-refractivity contribution in [2.24, 2.45) is 12.2 Å². The van der Waals surface area contributed by atoms with Crippen LogP contribution < -0.4 is 10.7 Å². The fourth-order valence-electron chi connectivity index (χ4n) is 4.44. The molecular weight excluding hydrogens is 497 g/mol. The largest absolute Gasteiger partial charge is 0.503 e. The Bertz CT molecular complexity index is 1340. The molecule has 0 bridgehead atoms. The van der Waals surface area contributed by atoms with Crippen molar-refractivity contribution in [2.45, 2.75) is 51.5 Å². The van der Waals surface area contributed by atoms with Gasteiger partial charge < -0.3 is 29.5 Å². The molecule has 1 aromatic carbocycles. The molecule has 13 heteroatoms. The normalized spacial score (nSPS) is 21.2. The van der Waals surface area contributed by atoms with Crippen LogP contribution in [0.1, 0.15) is 59.5 Å². The van der Waals surface area contributed by atoms with Gasteiger partial charge in [-0.15, -0.1) is 0 Å². The van der Waals surface area contributed by atoms with Crippen LogP contribution in [0.25, 0.3) is 0 Å². The molecule has 1 aromatic heterocycles. The third-order valence-corrected chi connectivity index (χ3v) is 6.48. The minimum absolute atomic E-state index is 0.188. The maximum atomic E-state index is 13.9. The van der Waals surface area contributed by atoms with Crippen molar-refractivity contribution < 1.29 is 37.4 Å². The molecule has 3 heterocycles. The second kappa shape index (κ2) is 9.79. The summed E-state index contributed by atoms with van der Waals surface area (Å²) < 4.78 is 47.7. The van der Waals surface area contributed by atoms with Crippen molar-refractivity contribution >= 4 is 17.7 Å². The molecule has 0 radical (unpaired) electrons. The van der Waals surface area contributed by atoms with E-state index in [-0.39, 0.29) is 18.3 Å². The van der Waals surface area contributed by atoms with Gasteiger partial charge in [0.05, 0.1) is 0 Å². The van der Waals surface area contributed by atoms with Crippen LogP contribution in [0, 0.1) is 17.5 Å². The summed E-state index contributed by atoms with van der Waals surface area (Å²) in [7, 11) is 1.37. The Hall–Kier alpha value is -4.03. The number of rotatable bonds is 4. The number of hydrogen-bond donors (Lipinski definition) is 2. The third-order valence-electron chi connectivity index (χ3n) is 6.48. The van der Waals surface area contributed by atoms with E-state index < -0.39 is 63.9 Å². The first-order chi connectivity index (χ1) is 17.4. The fraction of sp³-hybridized carbons (Fsp3) is 0.417. The average molecular weight is 522 g/mol. The van der Waals surface area contributed by atoms with Gasteiger partial charge in [0.25, 0.3) is 17.6 Å². The molecule has 198 valence electrons. The Morgan fingerprint density at radius 2 is 1.92 bits per heavy atom. The summed E-state index contributed by atoms with van der Waals surface area (Å²) >= 11 is 0. The average Bonchev–Trinajstić information content (AvgIpc) is 3.11. The SMILES string of the molecule is CC1=NO[C@@]2(CC[C@H](C)N(C(=O)c3c(O)c(=O)c(C(=O)NCc4c(F)cc(F)cc4F)cn3C)CC2)O1. The summed E-state index contributed by atoms with van der Waals surface area (Å²) in [6.07, 6.45) is 2.32. The van der Waals surface area contributed by atoms with E-state index in [4.69, 9.17) is 9.57 Å². The van der Waals surface area contributed by atoms with E-state index in [1.54, 1.807) is 6.92 Å². The minimum atomic E-state index is -1.21. The topological polar surface area (TPSA) is 122 Å². The molecule has 1 saturated heterocycles. The number of carbonyl (C=O) groups excluding carboxylic acids is 2. The zero-order valence-corrected chi connectivity index (χ0v) is 20.3. The molecule has 0 aliphatic carbocycles. The van der Waals surface area contributed by atoms with Crippen LogP contribution in [0.5, 0.6) is 5.75 Å². The van der Waals surface area contributed by atoms with Crippen LogP contribution in [-0.4, -0.2) is 50.7 Å². The number of benzene rings is 1. The van der Waals surface area contributed by atoms with E-state index in [0.29, 0.717) is 37.3 Å². The van der Waals surface area contributed by atoms with Gasteiger partial charge in [-0.1, -0.05) is 0 Å². The van der Waals surface area contributed by atoms with Gasteiger partial charge in [-0.3, -0.25) is 14.4 Å². The van der Waals surface area contributed by atoms with Gasteiger partial charge in [-0.05, 0) is 18.5 Å². The molecule has 2 N–H and O–H groups in total. The van der Waals surface area contributed by atoms with E-state index in [2.05, 4.69) is 10.5 Å². The summed E-state index contributed by atoms with van der Waals surface area (Å²) in [6, 6.07) is 0.624. The van der Waals surface area contributed by atoms with Crippen molar-refractivity contribution in [1.29, 1.82) is 0 Å². The monoisotopic (exact) mass is 522 g/mol. The van der Waals surface area contributed by atoms with Crippen LogP contribution >= 0.6 is 0 Å². The molecule has 2 aliphatic rings. The van der Waals surface area contributed by atoms with Gasteiger partial charge in [-0.2, -0.15) is 0 Å². The Kier molecular flexibility index (Phi) is 6.89. The third kappa shape index (κ3) is 4.98. The zero-order chi connectivity index (χ0) is 27.1. The Labute approximate surface area is 209 Å². The van der Waals surface area contributed by atoms with Gasteiger partial charge in [-0.25, -0.2) is 13.2 Å². The highest BCUT2D eigenvalue weighted by Gasteiger charge is 2.44. The molecular formula is C24H25F3N4O6. The lowest BCUT2D eigenvalue weighted by Crippen LogP contribution is -2.41. The first-order valence-electron chi connectivity index (χ1n) is 11.5. The molecule has 1 spiro atoms. The number of aromatic hydroxyl groups is 1. The highest BCUT2D eigenvalue weighted by molar-refractivity contribution is 5.98. The van der Waals surface area contributed by atoms with Gasteiger partial charge in [0.1, 0.15) is 23.0 Å². The van der Waals surface area contributed by atoms with Gasteiger partial charge in [0.2, 0.25) is 11.3 Å². The number of nitrogens with zero attached hydrogens (tertiary/aromatic N) is 3. The van der Waals surface area contributed by atoms with Gasteiger partial charge in [0, 0.05) is 69.8 Å². The summed E-state index contributed by atoms with van der Waals surface area (Å²) in [6.45, 7) is 2.98. The Morgan fingerprint density at radius 1 is 1.24 bits per heavy atom. The predicted octanol–water partition coefficient (Wildman–Crippen LogP) is 2.53. The molecule has 0 unspecified atom stereocenters. The highest BCUT2D eigenvalue weighted by Crippen LogP contribution is 2.34. The molecule has 2 amide bonds. The Balaban J connectivity index is 1.54. The first-order valence-corrected chi connectivity index (χ1v) is 11.5. The van der Waals surface area contributed by atoms with Crippen molar-refractivity contribution in [3.63, 3.8) is 0 Å². The first kappa shape index (κ1) is 26.0. The number of carbonyl (C=O) groups is 2. The van der Waals surface area contributed by atoms with Crippen LogP contribution in [0.3, 0.4) is 0 Å². The maximum absolute atomic E-state index is 13.9. The summed E-state index contributed by atoms with van der Waals surface area (Å²) in [5.74, 6) is -6.77. The molecule has 2 aromatic rings. The summed E-state index contributed by atoms with van der Waals surface area (Å²) in [4.78, 5) is 45.7.